The van der Waals surface area contributed by atoms with Gasteiger partial charge in [0.2, 0.25) is 0 Å². The number of carbonyl (C=O) groups is 1. The van der Waals surface area contributed by atoms with Crippen LogP contribution in [0.2, 0.25) is 5.02 Å². The monoisotopic (exact) mass is 290 g/mol. The van der Waals surface area contributed by atoms with E-state index in [1.54, 1.807) is 36.5 Å². The first kappa shape index (κ1) is 14.3. The summed E-state index contributed by atoms with van der Waals surface area (Å²) >= 11 is 5.95. The maximum atomic E-state index is 12.1. The molecule has 0 radical (unpaired) electrons. The normalized spacial score (nSPS) is 10.4. The molecule has 2 aromatic rings. The number of aromatic nitrogens is 1. The van der Waals surface area contributed by atoms with Crippen molar-refractivity contribution in [1.82, 2.24) is 4.98 Å². The number of nitrogens with one attached hydrogen (secondary N) is 1. The lowest BCUT2D eigenvalue weighted by molar-refractivity contribution is 0.102. The minimum Gasteiger partial charge on any atom is -0.491 e. The third kappa shape index (κ3) is 3.71. The zero-order chi connectivity index (χ0) is 14.5. The van der Waals surface area contributed by atoms with Crippen molar-refractivity contribution in [2.24, 2.45) is 0 Å². The maximum absolute atomic E-state index is 12.1. The molecule has 5 heteroatoms. The first-order valence-corrected chi connectivity index (χ1v) is 6.62. The predicted octanol–water partition coefficient (Wildman–Crippen LogP) is 3.77. The lowest BCUT2D eigenvalue weighted by atomic mass is 10.2. The SMILES string of the molecule is CC(C)Oc1cccc(C(=O)Nc2ncccc2Cl)c1. The number of pyridine rings is 1. The summed E-state index contributed by atoms with van der Waals surface area (Å²) in [4.78, 5) is 16.2. The van der Waals surface area contributed by atoms with Crippen molar-refractivity contribution < 1.29 is 9.53 Å². The molecule has 1 aromatic carbocycles. The number of halogens is 1. The van der Waals surface area contributed by atoms with Crippen LogP contribution in [0.3, 0.4) is 0 Å². The van der Waals surface area contributed by atoms with Crippen LogP contribution >= 0.6 is 11.6 Å². The number of ether oxygens (including phenoxy) is 1. The zero-order valence-corrected chi connectivity index (χ0v) is 12.0. The molecule has 0 fully saturated rings. The molecule has 2 rings (SSSR count). The molecule has 1 amide bonds. The number of hydrogen-bond acceptors (Lipinski definition) is 3. The smallest absolute Gasteiger partial charge is 0.256 e. The molecule has 0 aliphatic carbocycles. The number of amides is 1. The van der Waals surface area contributed by atoms with Crippen LogP contribution < -0.4 is 10.1 Å². The molecule has 4 nitrogen and oxygen atoms in total. The third-order valence-corrected chi connectivity index (χ3v) is 2.76. The molecule has 1 heterocycles. The topological polar surface area (TPSA) is 51.2 Å². The highest BCUT2D eigenvalue weighted by Gasteiger charge is 2.10. The highest BCUT2D eigenvalue weighted by atomic mass is 35.5. The molecule has 20 heavy (non-hydrogen) atoms. The Balaban J connectivity index is 2.15. The van der Waals surface area contributed by atoms with Gasteiger partial charge in [0.25, 0.3) is 5.91 Å². The summed E-state index contributed by atoms with van der Waals surface area (Å²) < 4.78 is 5.56. The molecule has 0 saturated carbocycles. The molecule has 0 unspecified atom stereocenters. The highest BCUT2D eigenvalue weighted by molar-refractivity contribution is 6.33. The Labute approximate surface area is 122 Å². The van der Waals surface area contributed by atoms with Crippen molar-refractivity contribution in [2.75, 3.05) is 5.32 Å². The summed E-state index contributed by atoms with van der Waals surface area (Å²) in [5.74, 6) is 0.717. The Kier molecular flexibility index (Phi) is 4.58. The fourth-order valence-electron chi connectivity index (χ4n) is 1.64. The van der Waals surface area contributed by atoms with E-state index in [9.17, 15) is 4.79 Å². The summed E-state index contributed by atoms with van der Waals surface area (Å²) in [6.07, 6.45) is 1.62. The molecule has 0 aliphatic heterocycles. The largest absolute Gasteiger partial charge is 0.491 e. The number of anilines is 1. The van der Waals surface area contributed by atoms with Gasteiger partial charge in [0, 0.05) is 11.8 Å². The summed E-state index contributed by atoms with van der Waals surface area (Å²) in [6.45, 7) is 3.86. The molecule has 1 aromatic heterocycles. The van der Waals surface area contributed by atoms with Gasteiger partial charge in [-0.25, -0.2) is 4.98 Å². The van der Waals surface area contributed by atoms with Crippen LogP contribution in [0, 0.1) is 0 Å². The van der Waals surface area contributed by atoms with Gasteiger partial charge in [0.1, 0.15) is 5.75 Å². The van der Waals surface area contributed by atoms with Crippen molar-refractivity contribution in [3.05, 3.63) is 53.2 Å². The van der Waals surface area contributed by atoms with E-state index >= 15 is 0 Å². The quantitative estimate of drug-likeness (QED) is 0.932. The van der Waals surface area contributed by atoms with Crippen LogP contribution in [0.5, 0.6) is 5.75 Å². The van der Waals surface area contributed by atoms with Gasteiger partial charge >= 0.3 is 0 Å². The lowest BCUT2D eigenvalue weighted by Crippen LogP contribution is -2.14. The second-order valence-corrected chi connectivity index (χ2v) is 4.89. The molecule has 0 spiro atoms. The Morgan fingerprint density at radius 2 is 2.10 bits per heavy atom. The average molecular weight is 291 g/mol. The van der Waals surface area contributed by atoms with E-state index in [-0.39, 0.29) is 12.0 Å². The van der Waals surface area contributed by atoms with Gasteiger partial charge in [-0.15, -0.1) is 0 Å². The fourth-order valence-corrected chi connectivity index (χ4v) is 1.81. The van der Waals surface area contributed by atoms with E-state index in [1.165, 1.54) is 0 Å². The molecule has 104 valence electrons. The molecule has 0 aliphatic rings. The second-order valence-electron chi connectivity index (χ2n) is 4.48. The van der Waals surface area contributed by atoms with Gasteiger partial charge in [-0.3, -0.25) is 4.79 Å². The van der Waals surface area contributed by atoms with Crippen LogP contribution in [0.1, 0.15) is 24.2 Å². The van der Waals surface area contributed by atoms with Crippen LogP contribution in [-0.2, 0) is 0 Å². The van der Waals surface area contributed by atoms with Crippen LogP contribution in [0.4, 0.5) is 5.82 Å². The van der Waals surface area contributed by atoms with Crippen LogP contribution in [0.15, 0.2) is 42.6 Å². The number of hydrogen-bond donors (Lipinski definition) is 1. The first-order chi connectivity index (χ1) is 9.56. The standard InChI is InChI=1S/C15H15ClN2O2/c1-10(2)20-12-6-3-5-11(9-12)15(19)18-14-13(16)7-4-8-17-14/h3-10H,1-2H3,(H,17,18,19). The van der Waals surface area contributed by atoms with Gasteiger partial charge in [0.05, 0.1) is 11.1 Å². The Morgan fingerprint density at radius 1 is 1.30 bits per heavy atom. The number of carbonyl (C=O) groups excluding carboxylic acids is 1. The van der Waals surface area contributed by atoms with Crippen molar-refractivity contribution in [3.63, 3.8) is 0 Å². The van der Waals surface area contributed by atoms with E-state index in [4.69, 9.17) is 16.3 Å². The lowest BCUT2D eigenvalue weighted by Gasteiger charge is -2.11. The van der Waals surface area contributed by atoms with Gasteiger partial charge in [-0.2, -0.15) is 0 Å². The summed E-state index contributed by atoms with van der Waals surface area (Å²) in [5.41, 5.74) is 0.491. The molecule has 0 atom stereocenters. The van der Waals surface area contributed by atoms with Gasteiger partial charge in [0.15, 0.2) is 5.82 Å². The van der Waals surface area contributed by atoms with Gasteiger partial charge in [-0.05, 0) is 44.2 Å². The van der Waals surface area contributed by atoms with E-state index in [1.807, 2.05) is 19.9 Å². The summed E-state index contributed by atoms with van der Waals surface area (Å²) in [5, 5.41) is 3.07. The maximum Gasteiger partial charge on any atom is 0.256 e. The predicted molar refractivity (Wildman–Crippen MR) is 79.4 cm³/mol. The van der Waals surface area contributed by atoms with E-state index in [2.05, 4.69) is 10.3 Å². The number of rotatable bonds is 4. The molecular weight excluding hydrogens is 276 g/mol. The van der Waals surface area contributed by atoms with Crippen molar-refractivity contribution in [2.45, 2.75) is 20.0 Å². The van der Waals surface area contributed by atoms with Crippen molar-refractivity contribution in [3.8, 4) is 5.75 Å². The number of benzene rings is 1. The van der Waals surface area contributed by atoms with Crippen LogP contribution in [-0.4, -0.2) is 17.0 Å². The molecule has 0 saturated heterocycles. The van der Waals surface area contributed by atoms with Crippen molar-refractivity contribution in [1.29, 1.82) is 0 Å². The van der Waals surface area contributed by atoms with E-state index in [0.717, 1.165) is 0 Å². The minimum absolute atomic E-state index is 0.0542. The Morgan fingerprint density at radius 3 is 2.80 bits per heavy atom. The number of nitrogens with zero attached hydrogens (tertiary/aromatic N) is 1. The third-order valence-electron chi connectivity index (χ3n) is 2.46. The van der Waals surface area contributed by atoms with E-state index < -0.39 is 0 Å². The second kappa shape index (κ2) is 6.39. The Hall–Kier alpha value is -2.07. The first-order valence-electron chi connectivity index (χ1n) is 6.25. The van der Waals surface area contributed by atoms with Crippen LogP contribution in [0.25, 0.3) is 0 Å². The van der Waals surface area contributed by atoms with Gasteiger partial charge < -0.3 is 10.1 Å². The molecular formula is C15H15ClN2O2. The average Bonchev–Trinajstić information content (AvgIpc) is 2.41. The fraction of sp³-hybridized carbons (Fsp3) is 0.200. The molecule has 1 N–H and O–H groups in total. The summed E-state index contributed by atoms with van der Waals surface area (Å²) in [7, 11) is 0. The highest BCUT2D eigenvalue weighted by Crippen LogP contribution is 2.20. The van der Waals surface area contributed by atoms with E-state index in [0.29, 0.717) is 22.2 Å². The van der Waals surface area contributed by atoms with Crippen molar-refractivity contribution >= 4 is 23.3 Å². The minimum atomic E-state index is -0.278. The van der Waals surface area contributed by atoms with Gasteiger partial charge in [-0.1, -0.05) is 17.7 Å². The Bertz CT molecular complexity index is 614. The molecule has 0 bridgehead atoms. The summed E-state index contributed by atoms with van der Waals surface area (Å²) in [6, 6.07) is 10.3. The zero-order valence-electron chi connectivity index (χ0n) is 11.3.